The second-order valence-corrected chi connectivity index (χ2v) is 15.1. The molecule has 0 radical (unpaired) electrons. The molecule has 0 spiro atoms. The summed E-state index contributed by atoms with van der Waals surface area (Å²) in [4.78, 5) is 43.2. The molecule has 10 nitrogen and oxygen atoms in total. The number of epoxide rings is 1. The summed E-state index contributed by atoms with van der Waals surface area (Å²) in [5.41, 5.74) is 2.56. The van der Waals surface area contributed by atoms with E-state index in [2.05, 4.69) is 11.4 Å². The van der Waals surface area contributed by atoms with Crippen LogP contribution in [0.3, 0.4) is 0 Å². The number of benzene rings is 2. The predicted molar refractivity (Wildman–Crippen MR) is 188 cm³/mol. The lowest BCUT2D eigenvalue weighted by Crippen LogP contribution is -2.51. The summed E-state index contributed by atoms with van der Waals surface area (Å²) in [6, 6.07) is 16.2. The SMILES string of the molecule is CN(C(=O)C1=C[C@H]2OC(C3CC3)(C3CC3)O[C@H]2[C@H](OC(=O)c2ccccc2C=CC2CCC3OC3C2)C1)[C@H](Cc1ccccc1)C(=O)NCCO. The van der Waals surface area contributed by atoms with Crippen molar-refractivity contribution >= 4 is 23.9 Å². The van der Waals surface area contributed by atoms with Gasteiger partial charge in [-0.2, -0.15) is 0 Å². The number of aliphatic hydroxyl groups excluding tert-OH is 1. The summed E-state index contributed by atoms with van der Waals surface area (Å²) >= 11 is 0. The van der Waals surface area contributed by atoms with E-state index in [4.69, 9.17) is 18.9 Å². The zero-order chi connectivity index (χ0) is 35.1. The van der Waals surface area contributed by atoms with Crippen molar-refractivity contribution in [1.82, 2.24) is 10.2 Å². The summed E-state index contributed by atoms with van der Waals surface area (Å²) in [7, 11) is 1.62. The number of aliphatic hydroxyl groups is 1. The lowest BCUT2D eigenvalue weighted by molar-refractivity contribution is -0.209. The van der Waals surface area contributed by atoms with E-state index < -0.39 is 36.1 Å². The highest BCUT2D eigenvalue weighted by Crippen LogP contribution is 2.59. The first-order valence-corrected chi connectivity index (χ1v) is 18.7. The fourth-order valence-corrected chi connectivity index (χ4v) is 8.35. The van der Waals surface area contributed by atoms with Crippen molar-refractivity contribution in [3.63, 3.8) is 0 Å². The van der Waals surface area contributed by atoms with Gasteiger partial charge in [-0.15, -0.1) is 0 Å². The van der Waals surface area contributed by atoms with E-state index >= 15 is 0 Å². The van der Waals surface area contributed by atoms with Crippen LogP contribution in [-0.2, 0) is 35.0 Å². The number of hydrogen-bond acceptors (Lipinski definition) is 8. The molecule has 2 aromatic rings. The fraction of sp³-hybridized carbons (Fsp3) is 0.537. The Labute approximate surface area is 299 Å². The maximum absolute atomic E-state index is 14.3. The van der Waals surface area contributed by atoms with Gasteiger partial charge in [0.2, 0.25) is 11.8 Å². The van der Waals surface area contributed by atoms with Crippen LogP contribution in [0.1, 0.15) is 72.9 Å². The van der Waals surface area contributed by atoms with Crippen molar-refractivity contribution in [3.8, 4) is 0 Å². The Morgan fingerprint density at radius 1 is 0.980 bits per heavy atom. The molecular weight excluding hydrogens is 648 g/mol. The normalized spacial score (nSPS) is 29.7. The molecule has 3 unspecified atom stereocenters. The molecule has 3 saturated carbocycles. The molecule has 2 saturated heterocycles. The summed E-state index contributed by atoms with van der Waals surface area (Å²) in [5, 5.41) is 12.1. The highest BCUT2D eigenvalue weighted by Gasteiger charge is 2.64. The van der Waals surface area contributed by atoms with Crippen LogP contribution >= 0.6 is 0 Å². The standard InChI is InChI=1S/C41H48N2O8/c1-43(32(38(45)42-19-20-44)21-25-7-3-2-4-8-25)39(46)28-23-35(37-36(24-28)50-41(51-37,29-14-15-29)30-16-17-30)49-40(47)31-10-6-5-9-27(31)13-11-26-12-18-33-34(22-26)48-33/h2-11,13,24,26,29-30,32-37,44H,12,14-23H2,1H3,(H,42,45)/t26?,32-,33?,34?,35-,36-,37+/m1/s1. The first kappa shape index (κ1) is 34.3. The molecule has 5 fully saturated rings. The van der Waals surface area contributed by atoms with E-state index in [0.29, 0.717) is 35.7 Å². The molecule has 7 atom stereocenters. The van der Waals surface area contributed by atoms with Crippen LogP contribution in [-0.4, -0.2) is 90.3 Å². The van der Waals surface area contributed by atoms with Gasteiger partial charge in [-0.3, -0.25) is 9.59 Å². The Morgan fingerprint density at radius 3 is 2.45 bits per heavy atom. The maximum Gasteiger partial charge on any atom is 0.339 e. The van der Waals surface area contributed by atoms with Gasteiger partial charge < -0.3 is 34.3 Å². The van der Waals surface area contributed by atoms with Gasteiger partial charge in [-0.05, 0) is 74.1 Å². The van der Waals surface area contributed by atoms with E-state index in [1.807, 2.05) is 60.7 Å². The van der Waals surface area contributed by atoms with Gasteiger partial charge in [0, 0.05) is 43.8 Å². The maximum atomic E-state index is 14.3. The Hall–Kier alpha value is -3.83. The monoisotopic (exact) mass is 696 g/mol. The van der Waals surface area contributed by atoms with Crippen LogP contribution in [0.2, 0.25) is 0 Å². The van der Waals surface area contributed by atoms with Gasteiger partial charge in [0.05, 0.1) is 24.4 Å². The molecule has 0 bridgehead atoms. The summed E-state index contributed by atoms with van der Waals surface area (Å²) < 4.78 is 25.7. The summed E-state index contributed by atoms with van der Waals surface area (Å²) in [5.74, 6) is -0.919. The second-order valence-electron chi connectivity index (χ2n) is 15.1. The van der Waals surface area contributed by atoms with Crippen LogP contribution in [0.5, 0.6) is 0 Å². The average molecular weight is 697 g/mol. The topological polar surface area (TPSA) is 127 Å². The van der Waals surface area contributed by atoms with Crippen molar-refractivity contribution in [2.45, 2.75) is 100 Å². The Morgan fingerprint density at radius 2 is 1.73 bits per heavy atom. The number of rotatable bonds is 13. The minimum atomic E-state index is -0.830. The second kappa shape index (κ2) is 14.3. The van der Waals surface area contributed by atoms with Crippen molar-refractivity contribution in [3.05, 3.63) is 89.0 Å². The Kier molecular flexibility index (Phi) is 9.61. The number of allylic oxidation sites excluding steroid dienone is 1. The fourth-order valence-electron chi connectivity index (χ4n) is 8.35. The van der Waals surface area contributed by atoms with Gasteiger partial charge in [-0.25, -0.2) is 4.79 Å². The Bertz CT molecular complexity index is 1670. The molecule has 10 heteroatoms. The molecule has 2 N–H and O–H groups in total. The van der Waals surface area contributed by atoms with Crippen molar-refractivity contribution < 1.29 is 38.4 Å². The van der Waals surface area contributed by atoms with Gasteiger partial charge >= 0.3 is 5.97 Å². The molecular formula is C41H48N2O8. The number of nitrogens with zero attached hydrogens (tertiary/aromatic N) is 1. The van der Waals surface area contributed by atoms with E-state index in [0.717, 1.165) is 56.1 Å². The van der Waals surface area contributed by atoms with Crippen LogP contribution in [0.25, 0.3) is 6.08 Å². The highest BCUT2D eigenvalue weighted by atomic mass is 16.8. The van der Waals surface area contributed by atoms with Crippen molar-refractivity contribution in [1.29, 1.82) is 0 Å². The number of carbonyl (C=O) groups is 3. The predicted octanol–water partition coefficient (Wildman–Crippen LogP) is 4.60. The van der Waals surface area contributed by atoms with Crippen LogP contribution in [0.4, 0.5) is 0 Å². The van der Waals surface area contributed by atoms with E-state index in [1.54, 1.807) is 13.1 Å². The van der Waals surface area contributed by atoms with Crippen LogP contribution in [0, 0.1) is 17.8 Å². The van der Waals surface area contributed by atoms with Crippen molar-refractivity contribution in [2.75, 3.05) is 20.2 Å². The molecule has 270 valence electrons. The summed E-state index contributed by atoms with van der Waals surface area (Å²) in [6.07, 6.45) is 12.6. The van der Waals surface area contributed by atoms with Crippen molar-refractivity contribution in [2.24, 2.45) is 17.8 Å². The van der Waals surface area contributed by atoms with E-state index in [9.17, 15) is 19.5 Å². The minimum absolute atomic E-state index is 0.0823. The van der Waals surface area contributed by atoms with Gasteiger partial charge in [0.1, 0.15) is 24.4 Å². The number of esters is 1. The molecule has 6 aliphatic rings. The van der Waals surface area contributed by atoms with Crippen LogP contribution in [0.15, 0.2) is 72.3 Å². The van der Waals surface area contributed by atoms with Gasteiger partial charge in [0.15, 0.2) is 5.79 Å². The zero-order valence-electron chi connectivity index (χ0n) is 29.2. The number of nitrogens with one attached hydrogen (secondary N) is 1. The average Bonchev–Trinajstić information content (AvgIpc) is 4.02. The van der Waals surface area contributed by atoms with Crippen LogP contribution < -0.4 is 5.32 Å². The first-order chi connectivity index (χ1) is 24.8. The third-order valence-corrected chi connectivity index (χ3v) is 11.5. The largest absolute Gasteiger partial charge is 0.456 e. The molecule has 2 aliphatic heterocycles. The number of fused-ring (bicyclic) bond motifs is 2. The molecule has 2 heterocycles. The lowest BCUT2D eigenvalue weighted by atomic mass is 9.88. The first-order valence-electron chi connectivity index (χ1n) is 18.7. The third kappa shape index (κ3) is 7.29. The molecule has 2 amide bonds. The highest BCUT2D eigenvalue weighted by molar-refractivity contribution is 5.98. The number of carbonyl (C=O) groups excluding carboxylic acids is 3. The smallest absolute Gasteiger partial charge is 0.339 e. The lowest BCUT2D eigenvalue weighted by Gasteiger charge is -2.33. The Balaban J connectivity index is 1.04. The number of likely N-dealkylation sites (N-methyl/N-ethyl adjacent to an activating group) is 1. The number of hydrogen-bond donors (Lipinski definition) is 2. The summed E-state index contributed by atoms with van der Waals surface area (Å²) in [6.45, 7) is -0.127. The zero-order valence-corrected chi connectivity index (χ0v) is 29.2. The molecule has 4 aliphatic carbocycles. The number of ether oxygens (including phenoxy) is 4. The number of amides is 2. The quantitative estimate of drug-likeness (QED) is 0.230. The molecule has 0 aromatic heterocycles. The third-order valence-electron chi connectivity index (χ3n) is 11.5. The molecule has 8 rings (SSSR count). The van der Waals surface area contributed by atoms with E-state index in [-0.39, 0.29) is 43.2 Å². The van der Waals surface area contributed by atoms with E-state index in [1.165, 1.54) is 4.90 Å². The molecule has 51 heavy (non-hydrogen) atoms. The molecule has 2 aromatic carbocycles. The minimum Gasteiger partial charge on any atom is -0.456 e. The van der Waals surface area contributed by atoms with Gasteiger partial charge in [-0.1, -0.05) is 60.7 Å². The van der Waals surface area contributed by atoms with Gasteiger partial charge in [0.25, 0.3) is 0 Å².